The van der Waals surface area contributed by atoms with Gasteiger partial charge in [-0.15, -0.1) is 11.8 Å². The highest BCUT2D eigenvalue weighted by molar-refractivity contribution is 7.99. The zero-order valence-corrected chi connectivity index (χ0v) is 14.9. The molecule has 10 heteroatoms. The van der Waals surface area contributed by atoms with Gasteiger partial charge in [-0.25, -0.2) is 0 Å². The van der Waals surface area contributed by atoms with Crippen LogP contribution >= 0.6 is 11.8 Å². The topological polar surface area (TPSA) is 151 Å². The van der Waals surface area contributed by atoms with Gasteiger partial charge in [-0.1, -0.05) is 0 Å². The van der Waals surface area contributed by atoms with E-state index in [9.17, 15) is 19.2 Å². The van der Waals surface area contributed by atoms with E-state index in [1.807, 2.05) is 0 Å². The molecule has 0 aromatic carbocycles. The monoisotopic (exact) mass is 362 g/mol. The molecule has 0 aliphatic heterocycles. The fourth-order valence-corrected chi connectivity index (χ4v) is 2.22. The lowest BCUT2D eigenvalue weighted by Gasteiger charge is -2.19. The third kappa shape index (κ3) is 10.1. The van der Waals surface area contributed by atoms with Gasteiger partial charge < -0.3 is 26.8 Å². The molecule has 0 saturated heterocycles. The quantitative estimate of drug-likeness (QED) is 0.234. The van der Waals surface area contributed by atoms with E-state index in [1.54, 1.807) is 0 Å². The molecule has 0 rings (SSSR count). The predicted octanol–water partition coefficient (Wildman–Crippen LogP) is -0.985. The van der Waals surface area contributed by atoms with Gasteiger partial charge in [-0.3, -0.25) is 19.2 Å². The molecule has 0 unspecified atom stereocenters. The largest absolute Gasteiger partial charge is 0.481 e. The molecule has 0 saturated carbocycles. The molecule has 3 amide bonds. The van der Waals surface area contributed by atoms with Gasteiger partial charge in [0.25, 0.3) is 0 Å². The Morgan fingerprint density at radius 3 is 2.08 bits per heavy atom. The summed E-state index contributed by atoms with van der Waals surface area (Å²) >= 11 is 1.40. The van der Waals surface area contributed by atoms with Crippen LogP contribution in [-0.2, 0) is 19.2 Å². The molecule has 6 N–H and O–H groups in total. The van der Waals surface area contributed by atoms with E-state index in [0.29, 0.717) is 18.1 Å². The number of carboxylic acids is 1. The van der Waals surface area contributed by atoms with Gasteiger partial charge >= 0.3 is 5.97 Å². The average molecular weight is 362 g/mol. The number of thioether (sulfide) groups is 1. The number of carbonyl (C=O) groups excluding carboxylic acids is 3. The van der Waals surface area contributed by atoms with E-state index >= 15 is 0 Å². The maximum absolute atomic E-state index is 11.9. The second-order valence-corrected chi connectivity index (χ2v) is 6.45. The van der Waals surface area contributed by atoms with Crippen molar-refractivity contribution in [2.45, 2.75) is 51.7 Å². The summed E-state index contributed by atoms with van der Waals surface area (Å²) in [5, 5.41) is 16.1. The van der Waals surface area contributed by atoms with Crippen LogP contribution in [0.4, 0.5) is 0 Å². The number of nitrogens with two attached hydrogens (primary N) is 1. The SMILES string of the molecule is C[C@H](N)C(=O)N[C@H](C)C(=O)N[C@@H](C)C(=O)NCSCCCC(=O)O. The van der Waals surface area contributed by atoms with Crippen LogP contribution in [0.1, 0.15) is 33.6 Å². The lowest BCUT2D eigenvalue weighted by molar-refractivity contribution is -0.137. The van der Waals surface area contributed by atoms with E-state index in [2.05, 4.69) is 16.0 Å². The molecule has 3 atom stereocenters. The number of nitrogens with one attached hydrogen (secondary N) is 3. The standard InChI is InChI=1S/C14H26N4O5S/c1-8(15)12(21)17-10(3)14(23)18-9(2)13(22)16-7-24-6-4-5-11(19)20/h8-10H,4-7,15H2,1-3H3,(H,16,22)(H,17,21)(H,18,23)(H,19,20)/t8-,9-,10+/m0/s1. The molecule has 0 bridgehead atoms. The van der Waals surface area contributed by atoms with Crippen molar-refractivity contribution in [2.24, 2.45) is 5.73 Å². The number of amides is 3. The predicted molar refractivity (Wildman–Crippen MR) is 91.2 cm³/mol. The minimum atomic E-state index is -0.846. The maximum atomic E-state index is 11.9. The second-order valence-electron chi connectivity index (χ2n) is 5.34. The van der Waals surface area contributed by atoms with Crippen LogP contribution in [0, 0.1) is 0 Å². The van der Waals surface area contributed by atoms with Crippen LogP contribution in [0.15, 0.2) is 0 Å². The van der Waals surface area contributed by atoms with Gasteiger partial charge in [-0.05, 0) is 32.9 Å². The van der Waals surface area contributed by atoms with Gasteiger partial charge in [0.2, 0.25) is 17.7 Å². The first-order chi connectivity index (χ1) is 11.1. The van der Waals surface area contributed by atoms with Crippen LogP contribution in [0.5, 0.6) is 0 Å². The molecular weight excluding hydrogens is 336 g/mol. The van der Waals surface area contributed by atoms with Crippen molar-refractivity contribution >= 4 is 35.5 Å². The second kappa shape index (κ2) is 11.7. The van der Waals surface area contributed by atoms with Crippen molar-refractivity contribution < 1.29 is 24.3 Å². The van der Waals surface area contributed by atoms with Gasteiger partial charge in [0.05, 0.1) is 11.9 Å². The highest BCUT2D eigenvalue weighted by Crippen LogP contribution is 2.02. The van der Waals surface area contributed by atoms with E-state index in [-0.39, 0.29) is 12.3 Å². The van der Waals surface area contributed by atoms with Crippen LogP contribution in [0.3, 0.4) is 0 Å². The van der Waals surface area contributed by atoms with Crippen molar-refractivity contribution in [2.75, 3.05) is 11.6 Å². The summed E-state index contributed by atoms with van der Waals surface area (Å²) < 4.78 is 0. The Morgan fingerprint density at radius 1 is 1.00 bits per heavy atom. The van der Waals surface area contributed by atoms with Gasteiger partial charge in [0.1, 0.15) is 12.1 Å². The highest BCUT2D eigenvalue weighted by atomic mass is 32.2. The average Bonchev–Trinajstić information content (AvgIpc) is 2.49. The van der Waals surface area contributed by atoms with Gasteiger partial charge in [0, 0.05) is 6.42 Å². The number of aliphatic carboxylic acids is 1. The minimum Gasteiger partial charge on any atom is -0.481 e. The molecule has 0 radical (unpaired) electrons. The third-order valence-corrected chi connectivity index (χ3v) is 3.87. The molecule has 0 aliphatic rings. The Hall–Kier alpha value is -1.81. The summed E-state index contributed by atoms with van der Waals surface area (Å²) in [5.41, 5.74) is 5.40. The Labute approximate surface area is 145 Å². The number of rotatable bonds is 11. The van der Waals surface area contributed by atoms with Crippen molar-refractivity contribution in [1.29, 1.82) is 0 Å². The number of carboxylic acid groups (broad SMARTS) is 1. The summed E-state index contributed by atoms with van der Waals surface area (Å²) in [5.74, 6) is -1.20. The Bertz CT molecular complexity index is 458. The van der Waals surface area contributed by atoms with E-state index in [0.717, 1.165) is 0 Å². The number of hydrogen-bond acceptors (Lipinski definition) is 6. The van der Waals surface area contributed by atoms with E-state index in [1.165, 1.54) is 32.5 Å². The molecule has 138 valence electrons. The zero-order valence-electron chi connectivity index (χ0n) is 14.1. The Morgan fingerprint density at radius 2 is 1.54 bits per heavy atom. The molecule has 0 aromatic heterocycles. The molecular formula is C14H26N4O5S. The van der Waals surface area contributed by atoms with Crippen molar-refractivity contribution in [1.82, 2.24) is 16.0 Å². The Balaban J connectivity index is 4.01. The normalized spacial score (nSPS) is 14.2. The molecule has 0 heterocycles. The van der Waals surface area contributed by atoms with Crippen LogP contribution in [0.2, 0.25) is 0 Å². The van der Waals surface area contributed by atoms with Gasteiger partial charge in [0.15, 0.2) is 0 Å². The zero-order chi connectivity index (χ0) is 18.7. The van der Waals surface area contributed by atoms with Crippen molar-refractivity contribution in [3.8, 4) is 0 Å². The van der Waals surface area contributed by atoms with E-state index in [4.69, 9.17) is 10.8 Å². The lowest BCUT2D eigenvalue weighted by Crippen LogP contribution is -2.53. The first-order valence-electron chi connectivity index (χ1n) is 7.58. The van der Waals surface area contributed by atoms with E-state index < -0.39 is 35.9 Å². The van der Waals surface area contributed by atoms with Crippen LogP contribution in [-0.4, -0.2) is 58.6 Å². The van der Waals surface area contributed by atoms with Crippen LogP contribution < -0.4 is 21.7 Å². The summed E-state index contributed by atoms with van der Waals surface area (Å²) in [6.07, 6.45) is 0.622. The minimum absolute atomic E-state index is 0.0957. The summed E-state index contributed by atoms with van der Waals surface area (Å²) in [6, 6.07) is -2.28. The molecule has 0 fully saturated rings. The van der Waals surface area contributed by atoms with Gasteiger partial charge in [-0.2, -0.15) is 0 Å². The summed E-state index contributed by atoms with van der Waals surface area (Å²) in [4.78, 5) is 45.5. The highest BCUT2D eigenvalue weighted by Gasteiger charge is 2.21. The van der Waals surface area contributed by atoms with Crippen LogP contribution in [0.25, 0.3) is 0 Å². The maximum Gasteiger partial charge on any atom is 0.303 e. The molecule has 24 heavy (non-hydrogen) atoms. The first-order valence-corrected chi connectivity index (χ1v) is 8.74. The molecule has 0 spiro atoms. The van der Waals surface area contributed by atoms with Crippen molar-refractivity contribution in [3.63, 3.8) is 0 Å². The molecule has 9 nitrogen and oxygen atoms in total. The molecule has 0 aromatic rings. The summed E-state index contributed by atoms with van der Waals surface area (Å²) in [7, 11) is 0. The van der Waals surface area contributed by atoms with Crippen molar-refractivity contribution in [3.05, 3.63) is 0 Å². The number of carbonyl (C=O) groups is 4. The first kappa shape index (κ1) is 22.2. The third-order valence-electron chi connectivity index (χ3n) is 2.95. The Kier molecular flexibility index (Phi) is 10.8. The molecule has 0 aliphatic carbocycles. The fourth-order valence-electron chi connectivity index (χ4n) is 1.49. The smallest absolute Gasteiger partial charge is 0.303 e. The summed E-state index contributed by atoms with van der Waals surface area (Å²) in [6.45, 7) is 4.53. The number of hydrogen-bond donors (Lipinski definition) is 5. The lowest BCUT2D eigenvalue weighted by atomic mass is 10.2. The fraction of sp³-hybridized carbons (Fsp3) is 0.714.